The molecule has 0 spiro atoms. The van der Waals surface area contributed by atoms with Crippen LogP contribution in [0.15, 0.2) is 53.9 Å². The molecule has 1 aromatic heterocycles. The Hall–Kier alpha value is -2.40. The summed E-state index contributed by atoms with van der Waals surface area (Å²) in [6.07, 6.45) is 6.67. The summed E-state index contributed by atoms with van der Waals surface area (Å²) in [5.74, 6) is 0.498. The molecule has 1 aromatic carbocycles. The molecule has 0 radical (unpaired) electrons. The summed E-state index contributed by atoms with van der Waals surface area (Å²) in [6.45, 7) is 0. The second kappa shape index (κ2) is 5.81. The second-order valence-electron chi connectivity index (χ2n) is 7.31. The zero-order chi connectivity index (χ0) is 17.7. The van der Waals surface area contributed by atoms with Crippen molar-refractivity contribution >= 4 is 28.9 Å². The first-order valence-electron chi connectivity index (χ1n) is 8.92. The molecule has 5 rings (SSSR count). The van der Waals surface area contributed by atoms with Gasteiger partial charge in [-0.25, -0.2) is 0 Å². The fourth-order valence-electron chi connectivity index (χ4n) is 4.93. The smallest absolute Gasteiger partial charge is 0.272 e. The van der Waals surface area contributed by atoms with Crippen molar-refractivity contribution in [2.75, 3.05) is 5.32 Å². The zero-order valence-corrected chi connectivity index (χ0v) is 14.8. The summed E-state index contributed by atoms with van der Waals surface area (Å²) in [7, 11) is 0. The molecule has 0 saturated heterocycles. The van der Waals surface area contributed by atoms with Gasteiger partial charge in [0, 0.05) is 34.6 Å². The quantitative estimate of drug-likeness (QED) is 0.895. The Kier molecular flexibility index (Phi) is 3.54. The van der Waals surface area contributed by atoms with E-state index in [0.29, 0.717) is 16.6 Å². The molecular formula is C20H18ClN3O2. The van der Waals surface area contributed by atoms with Gasteiger partial charge in [-0.1, -0.05) is 16.8 Å². The van der Waals surface area contributed by atoms with Gasteiger partial charge in [-0.15, -0.1) is 0 Å². The zero-order valence-electron chi connectivity index (χ0n) is 14.1. The van der Waals surface area contributed by atoms with Crippen LogP contribution in [0, 0.1) is 17.8 Å². The van der Waals surface area contributed by atoms with E-state index in [1.807, 2.05) is 12.1 Å². The average molecular weight is 368 g/mol. The molecule has 2 aliphatic carbocycles. The molecule has 3 aliphatic rings. The first kappa shape index (κ1) is 15.8. The highest BCUT2D eigenvalue weighted by Gasteiger charge is 2.69. The van der Waals surface area contributed by atoms with Crippen molar-refractivity contribution < 1.29 is 9.63 Å². The van der Waals surface area contributed by atoms with Crippen LogP contribution >= 0.6 is 11.6 Å². The Morgan fingerprint density at radius 1 is 1.23 bits per heavy atom. The summed E-state index contributed by atoms with van der Waals surface area (Å²) < 4.78 is 0. The van der Waals surface area contributed by atoms with Crippen molar-refractivity contribution in [1.29, 1.82) is 0 Å². The highest BCUT2D eigenvalue weighted by Crippen LogP contribution is 2.60. The van der Waals surface area contributed by atoms with Gasteiger partial charge >= 0.3 is 0 Å². The lowest BCUT2D eigenvalue weighted by Crippen LogP contribution is -2.53. The highest BCUT2D eigenvalue weighted by molar-refractivity contribution is 6.30. The van der Waals surface area contributed by atoms with Gasteiger partial charge in [-0.2, -0.15) is 0 Å². The third-order valence-electron chi connectivity index (χ3n) is 6.02. The van der Waals surface area contributed by atoms with Gasteiger partial charge in [-0.05, 0) is 61.6 Å². The molecule has 1 amide bonds. The lowest BCUT2D eigenvalue weighted by atomic mass is 9.72. The van der Waals surface area contributed by atoms with E-state index in [4.69, 9.17) is 16.4 Å². The Morgan fingerprint density at radius 3 is 2.85 bits per heavy atom. The van der Waals surface area contributed by atoms with Gasteiger partial charge in [0.25, 0.3) is 5.91 Å². The van der Waals surface area contributed by atoms with Crippen LogP contribution in [0.3, 0.4) is 0 Å². The predicted molar refractivity (Wildman–Crippen MR) is 99.0 cm³/mol. The summed E-state index contributed by atoms with van der Waals surface area (Å²) in [5, 5.41) is 8.03. The number of fused-ring (bicyclic) bond motifs is 5. The van der Waals surface area contributed by atoms with Crippen molar-refractivity contribution in [2.24, 2.45) is 22.9 Å². The minimum atomic E-state index is -0.909. The van der Waals surface area contributed by atoms with E-state index in [-0.39, 0.29) is 17.7 Å². The Labute approximate surface area is 156 Å². The molecule has 132 valence electrons. The van der Waals surface area contributed by atoms with Crippen LogP contribution in [0.4, 0.5) is 5.69 Å². The van der Waals surface area contributed by atoms with Crippen LogP contribution in [0.1, 0.15) is 24.8 Å². The third kappa shape index (κ3) is 2.20. The Balaban J connectivity index is 1.49. The van der Waals surface area contributed by atoms with Crippen LogP contribution in [-0.4, -0.2) is 22.2 Å². The standard InChI is InChI=1S/C20H18ClN3O2/c21-15-5-7-16(8-6-15)23-19(25)20-14-4-3-12(10-14)17(20)18(24-26-20)13-2-1-9-22-11-13/h1-2,5-9,11-12,14,17H,3-4,10H2,(H,23,25)/t12-,14+,17-,20-/m1/s1. The van der Waals surface area contributed by atoms with Crippen molar-refractivity contribution in [1.82, 2.24) is 4.98 Å². The summed E-state index contributed by atoms with van der Waals surface area (Å²) in [5.41, 5.74) is 1.60. The number of halogens is 1. The molecule has 2 saturated carbocycles. The number of oxime groups is 1. The fraction of sp³-hybridized carbons (Fsp3) is 0.350. The monoisotopic (exact) mass is 367 g/mol. The largest absolute Gasteiger partial charge is 0.378 e. The molecule has 2 fully saturated rings. The molecule has 2 heterocycles. The third-order valence-corrected chi connectivity index (χ3v) is 6.27. The van der Waals surface area contributed by atoms with Gasteiger partial charge in [0.15, 0.2) is 0 Å². The number of amides is 1. The van der Waals surface area contributed by atoms with Crippen LogP contribution in [0.2, 0.25) is 5.02 Å². The van der Waals surface area contributed by atoms with Gasteiger partial charge in [0.1, 0.15) is 0 Å². The van der Waals surface area contributed by atoms with Crippen molar-refractivity contribution in [2.45, 2.75) is 24.9 Å². The maximum Gasteiger partial charge on any atom is 0.272 e. The van der Waals surface area contributed by atoms with Crippen molar-refractivity contribution in [3.63, 3.8) is 0 Å². The summed E-state index contributed by atoms with van der Waals surface area (Å²) >= 11 is 5.94. The number of nitrogens with one attached hydrogen (secondary N) is 1. The maximum atomic E-state index is 13.3. The van der Waals surface area contributed by atoms with E-state index < -0.39 is 5.60 Å². The molecule has 0 unspecified atom stereocenters. The minimum Gasteiger partial charge on any atom is -0.378 e. The highest BCUT2D eigenvalue weighted by atomic mass is 35.5. The summed E-state index contributed by atoms with van der Waals surface area (Å²) in [4.78, 5) is 23.5. The Bertz CT molecular complexity index is 884. The van der Waals surface area contributed by atoms with Gasteiger partial charge in [-0.3, -0.25) is 9.78 Å². The maximum absolute atomic E-state index is 13.3. The van der Waals surface area contributed by atoms with Crippen molar-refractivity contribution in [3.05, 3.63) is 59.4 Å². The second-order valence-corrected chi connectivity index (χ2v) is 7.75. The number of aromatic nitrogens is 1. The van der Waals surface area contributed by atoms with Crippen molar-refractivity contribution in [3.8, 4) is 0 Å². The molecule has 1 N–H and O–H groups in total. The van der Waals surface area contributed by atoms with Gasteiger partial charge in [0.05, 0.1) is 11.6 Å². The first-order chi connectivity index (χ1) is 12.7. The lowest BCUT2D eigenvalue weighted by molar-refractivity contribution is -0.149. The van der Waals surface area contributed by atoms with Crippen LogP contribution in [0.25, 0.3) is 0 Å². The van der Waals surface area contributed by atoms with Gasteiger partial charge in [0.2, 0.25) is 5.60 Å². The molecule has 5 nitrogen and oxygen atoms in total. The number of anilines is 1. The van der Waals surface area contributed by atoms with E-state index in [0.717, 1.165) is 30.5 Å². The number of hydrogen-bond acceptors (Lipinski definition) is 4. The van der Waals surface area contributed by atoms with E-state index in [2.05, 4.69) is 15.5 Å². The molecule has 6 heteroatoms. The normalized spacial score (nSPS) is 31.3. The number of carbonyl (C=O) groups is 1. The van der Waals surface area contributed by atoms with E-state index in [1.165, 1.54) is 0 Å². The van der Waals surface area contributed by atoms with E-state index in [1.54, 1.807) is 36.7 Å². The molecule has 26 heavy (non-hydrogen) atoms. The van der Waals surface area contributed by atoms with Gasteiger partial charge < -0.3 is 10.2 Å². The fourth-order valence-corrected chi connectivity index (χ4v) is 5.05. The number of carbonyl (C=O) groups excluding carboxylic acids is 1. The topological polar surface area (TPSA) is 63.6 Å². The lowest BCUT2D eigenvalue weighted by Gasteiger charge is -2.35. The molecule has 4 atom stereocenters. The minimum absolute atomic E-state index is 0.0160. The number of rotatable bonds is 3. The number of benzene rings is 1. The number of hydrogen-bond donors (Lipinski definition) is 1. The molecular weight excluding hydrogens is 350 g/mol. The van der Waals surface area contributed by atoms with Crippen LogP contribution in [-0.2, 0) is 9.63 Å². The van der Waals surface area contributed by atoms with E-state index in [9.17, 15) is 4.79 Å². The van der Waals surface area contributed by atoms with E-state index >= 15 is 0 Å². The molecule has 1 aliphatic heterocycles. The first-order valence-corrected chi connectivity index (χ1v) is 9.30. The van der Waals surface area contributed by atoms with Crippen LogP contribution in [0.5, 0.6) is 0 Å². The number of pyridine rings is 1. The Morgan fingerprint density at radius 2 is 2.08 bits per heavy atom. The molecule has 2 bridgehead atoms. The summed E-state index contributed by atoms with van der Waals surface area (Å²) in [6, 6.07) is 11.0. The number of nitrogens with zero attached hydrogens (tertiary/aromatic N) is 2. The molecule has 2 aromatic rings. The van der Waals surface area contributed by atoms with Crippen LogP contribution < -0.4 is 5.32 Å². The average Bonchev–Trinajstić information content (AvgIpc) is 3.36. The SMILES string of the molecule is O=C(Nc1ccc(Cl)cc1)[C@]12ON=C(c3cccnc3)[C@H]1[C@@H]1CC[C@H]2C1. The predicted octanol–water partition coefficient (Wildman–Crippen LogP) is 3.89.